The van der Waals surface area contributed by atoms with Crippen molar-refractivity contribution in [2.75, 3.05) is 24.8 Å². The quantitative estimate of drug-likeness (QED) is 0.758. The zero-order valence-corrected chi connectivity index (χ0v) is 11.0. The molecule has 0 heterocycles. The van der Waals surface area contributed by atoms with Crippen molar-refractivity contribution in [1.29, 1.82) is 0 Å². The Morgan fingerprint density at radius 3 is 2.41 bits per heavy atom. The second kappa shape index (κ2) is 6.96. The lowest BCUT2D eigenvalue weighted by Gasteiger charge is -2.20. The average molecular weight is 278 g/mol. The molecule has 0 saturated heterocycles. The molecule has 1 aromatic rings. The summed E-state index contributed by atoms with van der Waals surface area (Å²) in [5, 5.41) is 8.91. The minimum atomic E-state index is -3.39. The molecule has 0 unspecified atom stereocenters. The van der Waals surface area contributed by atoms with E-state index in [2.05, 4.69) is 0 Å². The third-order valence-corrected chi connectivity index (χ3v) is 4.51. The number of alkyl halides is 1. The molecule has 0 saturated carbocycles. The van der Waals surface area contributed by atoms with E-state index in [1.807, 2.05) is 30.3 Å². The standard InChI is InChI=1S/C11H16ClNO3S/c12-6-9-17(15,16)13(7-8-14)10-11-4-2-1-3-5-11/h1-5,14H,6-10H2. The minimum Gasteiger partial charge on any atom is -0.395 e. The smallest absolute Gasteiger partial charge is 0.215 e. The van der Waals surface area contributed by atoms with Crippen molar-refractivity contribution in [2.45, 2.75) is 6.54 Å². The van der Waals surface area contributed by atoms with Crippen LogP contribution in [0.25, 0.3) is 0 Å². The van der Waals surface area contributed by atoms with E-state index in [1.165, 1.54) is 4.31 Å². The van der Waals surface area contributed by atoms with E-state index in [0.29, 0.717) is 0 Å². The van der Waals surface area contributed by atoms with Gasteiger partial charge in [-0.1, -0.05) is 30.3 Å². The molecular formula is C11H16ClNO3S. The van der Waals surface area contributed by atoms with Gasteiger partial charge in [-0.05, 0) is 5.56 Å². The van der Waals surface area contributed by atoms with Crippen molar-refractivity contribution in [1.82, 2.24) is 4.31 Å². The first-order valence-electron chi connectivity index (χ1n) is 5.28. The lowest BCUT2D eigenvalue weighted by molar-refractivity contribution is 0.251. The molecule has 1 N–H and O–H groups in total. The lowest BCUT2D eigenvalue weighted by Crippen LogP contribution is -2.35. The van der Waals surface area contributed by atoms with E-state index >= 15 is 0 Å². The molecule has 6 heteroatoms. The number of aliphatic hydroxyl groups is 1. The zero-order valence-electron chi connectivity index (χ0n) is 9.42. The third kappa shape index (κ3) is 4.63. The summed E-state index contributed by atoms with van der Waals surface area (Å²) < 4.78 is 25.0. The van der Waals surface area contributed by atoms with E-state index in [-0.39, 0.29) is 31.3 Å². The Balaban J connectivity index is 2.80. The second-order valence-electron chi connectivity index (χ2n) is 3.55. The van der Waals surface area contributed by atoms with Gasteiger partial charge in [0.05, 0.1) is 12.4 Å². The van der Waals surface area contributed by atoms with Crippen LogP contribution in [-0.2, 0) is 16.6 Å². The van der Waals surface area contributed by atoms with Gasteiger partial charge in [0.2, 0.25) is 10.0 Å². The summed E-state index contributed by atoms with van der Waals surface area (Å²) in [7, 11) is -3.39. The molecule has 0 aliphatic rings. The minimum absolute atomic E-state index is 0.0546. The molecule has 1 aromatic carbocycles. The van der Waals surface area contributed by atoms with Gasteiger partial charge in [-0.15, -0.1) is 11.6 Å². The highest BCUT2D eigenvalue weighted by Crippen LogP contribution is 2.09. The van der Waals surface area contributed by atoms with Gasteiger partial charge >= 0.3 is 0 Å². The first-order chi connectivity index (χ1) is 8.10. The van der Waals surface area contributed by atoms with Crippen LogP contribution in [0.1, 0.15) is 5.56 Å². The number of aliphatic hydroxyl groups excluding tert-OH is 1. The molecule has 0 spiro atoms. The second-order valence-corrected chi connectivity index (χ2v) is 6.01. The Kier molecular flexibility index (Phi) is 5.91. The highest BCUT2D eigenvalue weighted by atomic mass is 35.5. The molecule has 0 fully saturated rings. The lowest BCUT2D eigenvalue weighted by atomic mass is 10.2. The number of halogens is 1. The van der Waals surface area contributed by atoms with Gasteiger partial charge in [0.15, 0.2) is 0 Å². The average Bonchev–Trinajstić information content (AvgIpc) is 2.30. The first kappa shape index (κ1) is 14.4. The highest BCUT2D eigenvalue weighted by Gasteiger charge is 2.20. The molecule has 1 rings (SSSR count). The number of hydrogen-bond acceptors (Lipinski definition) is 3. The molecular weight excluding hydrogens is 262 g/mol. The molecule has 96 valence electrons. The topological polar surface area (TPSA) is 57.6 Å². The maximum absolute atomic E-state index is 11.9. The van der Waals surface area contributed by atoms with Gasteiger partial charge in [0.25, 0.3) is 0 Å². The van der Waals surface area contributed by atoms with Gasteiger partial charge in [0.1, 0.15) is 0 Å². The summed E-state index contributed by atoms with van der Waals surface area (Å²) in [6.07, 6.45) is 0. The summed E-state index contributed by atoms with van der Waals surface area (Å²) in [4.78, 5) is 0. The predicted octanol–water partition coefficient (Wildman–Crippen LogP) is 1.05. The third-order valence-electron chi connectivity index (χ3n) is 2.28. The van der Waals surface area contributed by atoms with Gasteiger partial charge < -0.3 is 5.11 Å². The number of sulfonamides is 1. The maximum atomic E-state index is 11.9. The number of nitrogens with zero attached hydrogens (tertiary/aromatic N) is 1. The van der Waals surface area contributed by atoms with Crippen molar-refractivity contribution in [3.63, 3.8) is 0 Å². The zero-order chi connectivity index (χ0) is 12.7. The molecule has 0 radical (unpaired) electrons. The molecule has 0 aliphatic heterocycles. The Bertz CT molecular complexity index is 422. The van der Waals surface area contributed by atoms with Crippen LogP contribution in [0.5, 0.6) is 0 Å². The van der Waals surface area contributed by atoms with Crippen molar-refractivity contribution < 1.29 is 13.5 Å². The van der Waals surface area contributed by atoms with E-state index in [0.717, 1.165) is 5.56 Å². The van der Waals surface area contributed by atoms with Crippen LogP contribution in [0.4, 0.5) is 0 Å². The van der Waals surface area contributed by atoms with Gasteiger partial charge in [-0.3, -0.25) is 0 Å². The fraction of sp³-hybridized carbons (Fsp3) is 0.455. The normalized spacial score (nSPS) is 11.9. The van der Waals surface area contributed by atoms with Crippen molar-refractivity contribution in [2.24, 2.45) is 0 Å². The van der Waals surface area contributed by atoms with Crippen LogP contribution in [0.15, 0.2) is 30.3 Å². The number of hydrogen-bond donors (Lipinski definition) is 1. The fourth-order valence-electron chi connectivity index (χ4n) is 1.44. The van der Waals surface area contributed by atoms with Gasteiger partial charge in [-0.2, -0.15) is 4.31 Å². The Morgan fingerprint density at radius 2 is 1.88 bits per heavy atom. The van der Waals surface area contributed by atoms with Crippen LogP contribution in [-0.4, -0.2) is 42.6 Å². The monoisotopic (exact) mass is 277 g/mol. The van der Waals surface area contributed by atoms with E-state index in [4.69, 9.17) is 16.7 Å². The summed E-state index contributed by atoms with van der Waals surface area (Å²) in [5.41, 5.74) is 0.888. The van der Waals surface area contributed by atoms with Crippen LogP contribution in [0.3, 0.4) is 0 Å². The SMILES string of the molecule is O=S(=O)(CCCl)N(CCO)Cc1ccccc1. The fourth-order valence-corrected chi connectivity index (χ4v) is 3.19. The first-order valence-corrected chi connectivity index (χ1v) is 7.43. The number of benzene rings is 1. The van der Waals surface area contributed by atoms with Crippen LogP contribution >= 0.6 is 11.6 Å². The van der Waals surface area contributed by atoms with Crippen LogP contribution < -0.4 is 0 Å². The Hall–Kier alpha value is -0.620. The molecule has 0 bridgehead atoms. The van der Waals surface area contributed by atoms with Crippen molar-refractivity contribution >= 4 is 21.6 Å². The van der Waals surface area contributed by atoms with Crippen molar-refractivity contribution in [3.8, 4) is 0 Å². The molecule has 4 nitrogen and oxygen atoms in total. The van der Waals surface area contributed by atoms with Crippen LogP contribution in [0.2, 0.25) is 0 Å². The van der Waals surface area contributed by atoms with Crippen molar-refractivity contribution in [3.05, 3.63) is 35.9 Å². The van der Waals surface area contributed by atoms with Gasteiger partial charge in [0, 0.05) is 19.0 Å². The Morgan fingerprint density at radius 1 is 1.24 bits per heavy atom. The van der Waals surface area contributed by atoms with E-state index < -0.39 is 10.0 Å². The maximum Gasteiger partial charge on any atom is 0.215 e. The van der Waals surface area contributed by atoms with Gasteiger partial charge in [-0.25, -0.2) is 8.42 Å². The predicted molar refractivity (Wildman–Crippen MR) is 68.4 cm³/mol. The molecule has 0 amide bonds. The Labute approximate surface area is 107 Å². The summed E-state index contributed by atoms with van der Waals surface area (Å²) in [6.45, 7) is 0.156. The van der Waals surface area contributed by atoms with E-state index in [9.17, 15) is 8.42 Å². The largest absolute Gasteiger partial charge is 0.395 e. The molecule has 0 atom stereocenters. The highest BCUT2D eigenvalue weighted by molar-refractivity contribution is 7.89. The molecule has 0 aliphatic carbocycles. The number of rotatable bonds is 7. The summed E-state index contributed by atoms with van der Waals surface area (Å²) in [5.74, 6) is -0.0551. The summed E-state index contributed by atoms with van der Waals surface area (Å²) in [6, 6.07) is 9.26. The van der Waals surface area contributed by atoms with Crippen LogP contribution in [0, 0.1) is 0 Å². The summed E-state index contributed by atoms with van der Waals surface area (Å²) >= 11 is 5.46. The molecule has 17 heavy (non-hydrogen) atoms. The van der Waals surface area contributed by atoms with E-state index in [1.54, 1.807) is 0 Å². The molecule has 0 aromatic heterocycles.